The molecular formula is C30H28Cl2N2O2. The van der Waals surface area contributed by atoms with Gasteiger partial charge in [0.25, 0.3) is 0 Å². The molecule has 0 aromatic heterocycles. The highest BCUT2D eigenvalue weighted by molar-refractivity contribution is 6.35. The number of anilines is 2. The summed E-state index contributed by atoms with van der Waals surface area (Å²) in [5.41, 5.74) is 4.78. The molecule has 1 aliphatic carbocycles. The van der Waals surface area contributed by atoms with Gasteiger partial charge in [0.2, 0.25) is 5.91 Å². The number of hydrogen-bond acceptors (Lipinski definition) is 3. The Balaban J connectivity index is 1.85. The first kappa shape index (κ1) is 24.6. The van der Waals surface area contributed by atoms with Gasteiger partial charge in [0.05, 0.1) is 17.4 Å². The van der Waals surface area contributed by atoms with Gasteiger partial charge in [-0.05, 0) is 47.2 Å². The van der Waals surface area contributed by atoms with Crippen LogP contribution in [0.2, 0.25) is 10.0 Å². The van der Waals surface area contributed by atoms with Gasteiger partial charge in [-0.3, -0.25) is 14.5 Å². The third kappa shape index (κ3) is 4.44. The van der Waals surface area contributed by atoms with E-state index in [4.69, 9.17) is 23.2 Å². The number of carbonyl (C=O) groups is 2. The van der Waals surface area contributed by atoms with Gasteiger partial charge in [-0.2, -0.15) is 0 Å². The lowest BCUT2D eigenvalue weighted by Crippen LogP contribution is -2.39. The summed E-state index contributed by atoms with van der Waals surface area (Å²) >= 11 is 13.0. The Hall–Kier alpha value is -3.08. The fourth-order valence-electron chi connectivity index (χ4n) is 5.48. The Morgan fingerprint density at radius 1 is 0.944 bits per heavy atom. The number of allylic oxidation sites excluding steroid dienone is 1. The molecule has 1 heterocycles. The van der Waals surface area contributed by atoms with E-state index in [1.165, 1.54) is 6.92 Å². The number of nitrogens with zero attached hydrogens (tertiary/aromatic N) is 2. The van der Waals surface area contributed by atoms with E-state index < -0.39 is 6.04 Å². The van der Waals surface area contributed by atoms with Gasteiger partial charge in [-0.1, -0.05) is 85.6 Å². The van der Waals surface area contributed by atoms with Gasteiger partial charge in [0.1, 0.15) is 0 Å². The molecule has 1 unspecified atom stereocenters. The number of halogens is 2. The largest absolute Gasteiger partial charge is 0.338 e. The predicted octanol–water partition coefficient (Wildman–Crippen LogP) is 7.75. The fourth-order valence-corrected chi connectivity index (χ4v) is 5.99. The standard InChI is InChI=1S/C30H28Cl2N2O2/c1-19(35)34-25-12-8-7-11-24(25)33(18-20-9-5-4-6-10-20)26-16-30(2,3)17-27(36)28(26)29(34)22-14-13-21(31)15-23(22)32/h4-15,29H,16-18H2,1-3H3. The molecular weight excluding hydrogens is 491 g/mol. The van der Waals surface area contributed by atoms with Gasteiger partial charge in [-0.15, -0.1) is 0 Å². The third-order valence-electron chi connectivity index (χ3n) is 6.97. The monoisotopic (exact) mass is 518 g/mol. The summed E-state index contributed by atoms with van der Waals surface area (Å²) in [5, 5.41) is 0.931. The SMILES string of the molecule is CC(=O)N1c2ccccc2N(Cc2ccccc2)C2=C(C(=O)CC(C)(C)C2)C1c1ccc(Cl)cc1Cl. The van der Waals surface area contributed by atoms with E-state index in [9.17, 15) is 9.59 Å². The average Bonchev–Trinajstić information content (AvgIpc) is 2.92. The van der Waals surface area contributed by atoms with E-state index >= 15 is 0 Å². The highest BCUT2D eigenvalue weighted by atomic mass is 35.5. The van der Waals surface area contributed by atoms with Crippen molar-refractivity contribution < 1.29 is 9.59 Å². The molecule has 6 heteroatoms. The molecule has 3 aromatic carbocycles. The minimum absolute atomic E-state index is 0.0365. The number of benzene rings is 3. The summed E-state index contributed by atoms with van der Waals surface area (Å²) in [6.45, 7) is 6.36. The average molecular weight is 519 g/mol. The maximum Gasteiger partial charge on any atom is 0.224 e. The van der Waals surface area contributed by atoms with E-state index in [-0.39, 0.29) is 17.1 Å². The number of Topliss-reactive ketones (excluding diaryl/α,β-unsaturated/α-hetero) is 1. The summed E-state index contributed by atoms with van der Waals surface area (Å²) in [5.74, 6) is -0.126. The van der Waals surface area contributed by atoms with Crippen molar-refractivity contribution in [1.82, 2.24) is 0 Å². The molecule has 0 N–H and O–H groups in total. The van der Waals surface area contributed by atoms with E-state index in [1.807, 2.05) is 48.5 Å². The molecule has 5 rings (SSSR count). The van der Waals surface area contributed by atoms with Gasteiger partial charge in [-0.25, -0.2) is 0 Å². The van der Waals surface area contributed by atoms with E-state index in [1.54, 1.807) is 17.0 Å². The highest BCUT2D eigenvalue weighted by Gasteiger charge is 2.45. The number of ketones is 1. The first-order valence-electron chi connectivity index (χ1n) is 12.1. The molecule has 0 saturated heterocycles. The lowest BCUT2D eigenvalue weighted by Gasteiger charge is -2.39. The Kier molecular flexibility index (Phi) is 6.44. The Labute approximate surface area is 222 Å². The molecule has 0 radical (unpaired) electrons. The van der Waals surface area contributed by atoms with Crippen LogP contribution in [0.1, 0.15) is 50.8 Å². The fraction of sp³-hybridized carbons (Fsp3) is 0.267. The number of rotatable bonds is 3. The maximum absolute atomic E-state index is 14.0. The van der Waals surface area contributed by atoms with Crippen molar-refractivity contribution >= 4 is 46.3 Å². The second kappa shape index (κ2) is 9.42. The zero-order chi connectivity index (χ0) is 25.6. The van der Waals surface area contributed by atoms with Crippen molar-refractivity contribution in [3.63, 3.8) is 0 Å². The smallest absolute Gasteiger partial charge is 0.224 e. The minimum atomic E-state index is -0.659. The number of fused-ring (bicyclic) bond motifs is 1. The van der Waals surface area contributed by atoms with Gasteiger partial charge < -0.3 is 4.90 Å². The predicted molar refractivity (Wildman–Crippen MR) is 146 cm³/mol. The van der Waals surface area contributed by atoms with Crippen molar-refractivity contribution in [2.24, 2.45) is 5.41 Å². The van der Waals surface area contributed by atoms with E-state index in [0.29, 0.717) is 40.6 Å². The topological polar surface area (TPSA) is 40.6 Å². The summed E-state index contributed by atoms with van der Waals surface area (Å²) in [6, 6.07) is 22.7. The Morgan fingerprint density at radius 2 is 1.61 bits per heavy atom. The Morgan fingerprint density at radius 3 is 2.28 bits per heavy atom. The van der Waals surface area contributed by atoms with Crippen LogP contribution < -0.4 is 9.80 Å². The van der Waals surface area contributed by atoms with Crippen LogP contribution >= 0.6 is 23.2 Å². The molecule has 36 heavy (non-hydrogen) atoms. The quantitative estimate of drug-likeness (QED) is 0.355. The number of carbonyl (C=O) groups excluding carboxylic acids is 2. The van der Waals surface area contributed by atoms with Gasteiger partial charge in [0.15, 0.2) is 5.78 Å². The van der Waals surface area contributed by atoms with E-state index in [2.05, 4.69) is 30.9 Å². The summed E-state index contributed by atoms with van der Waals surface area (Å²) < 4.78 is 0. The van der Waals surface area contributed by atoms with Crippen LogP contribution in [-0.4, -0.2) is 11.7 Å². The van der Waals surface area contributed by atoms with Crippen LogP contribution in [0.15, 0.2) is 84.1 Å². The van der Waals surface area contributed by atoms with Crippen LogP contribution in [0.25, 0.3) is 0 Å². The molecule has 0 bridgehead atoms. The minimum Gasteiger partial charge on any atom is -0.338 e. The number of amides is 1. The van der Waals surface area contributed by atoms with Crippen LogP contribution in [0.5, 0.6) is 0 Å². The molecule has 4 nitrogen and oxygen atoms in total. The number of hydrogen-bond donors (Lipinski definition) is 0. The molecule has 1 amide bonds. The molecule has 184 valence electrons. The van der Waals surface area contributed by atoms with Crippen molar-refractivity contribution in [2.45, 2.75) is 46.2 Å². The van der Waals surface area contributed by atoms with Crippen LogP contribution in [-0.2, 0) is 16.1 Å². The lowest BCUT2D eigenvalue weighted by molar-refractivity contribution is -0.118. The van der Waals surface area contributed by atoms with Crippen LogP contribution in [0, 0.1) is 5.41 Å². The zero-order valence-corrected chi connectivity index (χ0v) is 22.1. The zero-order valence-electron chi connectivity index (χ0n) is 20.6. The summed E-state index contributed by atoms with van der Waals surface area (Å²) in [6.07, 6.45) is 1.09. The lowest BCUT2D eigenvalue weighted by atomic mass is 9.73. The molecule has 2 aliphatic rings. The summed E-state index contributed by atoms with van der Waals surface area (Å²) in [7, 11) is 0. The van der Waals surface area contributed by atoms with Gasteiger partial charge in [0, 0.05) is 41.2 Å². The van der Waals surface area contributed by atoms with Crippen molar-refractivity contribution in [3.8, 4) is 0 Å². The molecule has 0 spiro atoms. The van der Waals surface area contributed by atoms with E-state index in [0.717, 1.165) is 22.6 Å². The number of para-hydroxylation sites is 2. The second-order valence-electron chi connectivity index (χ2n) is 10.3. The molecule has 1 aliphatic heterocycles. The summed E-state index contributed by atoms with van der Waals surface area (Å²) in [4.78, 5) is 31.3. The second-order valence-corrected chi connectivity index (χ2v) is 11.2. The molecule has 0 saturated carbocycles. The molecule has 3 aromatic rings. The van der Waals surface area contributed by atoms with Crippen molar-refractivity contribution in [3.05, 3.63) is 105 Å². The van der Waals surface area contributed by atoms with Crippen LogP contribution in [0.4, 0.5) is 11.4 Å². The first-order chi connectivity index (χ1) is 17.2. The molecule has 0 fully saturated rings. The maximum atomic E-state index is 14.0. The third-order valence-corrected chi connectivity index (χ3v) is 7.53. The highest BCUT2D eigenvalue weighted by Crippen LogP contribution is 2.52. The van der Waals surface area contributed by atoms with Crippen molar-refractivity contribution in [2.75, 3.05) is 9.80 Å². The van der Waals surface area contributed by atoms with Crippen LogP contribution in [0.3, 0.4) is 0 Å². The normalized spacial score (nSPS) is 19.0. The first-order valence-corrected chi connectivity index (χ1v) is 12.8. The molecule has 1 atom stereocenters. The van der Waals surface area contributed by atoms with Gasteiger partial charge >= 0.3 is 0 Å². The van der Waals surface area contributed by atoms with Crippen molar-refractivity contribution in [1.29, 1.82) is 0 Å². The Bertz CT molecular complexity index is 1380.